The molecule has 46 heavy (non-hydrogen) atoms. The first-order valence-electron chi connectivity index (χ1n) is 15.5. The molecular weight excluding hydrogens is 562 g/mol. The first kappa shape index (κ1) is 25.1. The zero-order chi connectivity index (χ0) is 30.2. The molecule has 0 fully saturated rings. The molecule has 0 saturated heterocycles. The summed E-state index contributed by atoms with van der Waals surface area (Å²) in [5.74, 6) is 2.52. The van der Waals surface area contributed by atoms with Gasteiger partial charge in [-0.1, -0.05) is 109 Å². The van der Waals surface area contributed by atoms with Crippen LogP contribution >= 0.6 is 0 Å². The Hall–Kier alpha value is -6.26. The molecule has 0 saturated carbocycles. The highest BCUT2D eigenvalue weighted by molar-refractivity contribution is 6.28. The van der Waals surface area contributed by atoms with Gasteiger partial charge in [-0.3, -0.25) is 4.57 Å². The Kier molecular flexibility index (Phi) is 5.25. The molecule has 1 aliphatic rings. The molecule has 0 atom stereocenters. The lowest BCUT2D eigenvalue weighted by Gasteiger charge is -2.18. The van der Waals surface area contributed by atoms with Gasteiger partial charge in [-0.05, 0) is 70.1 Å². The number of aromatic nitrogens is 3. The lowest BCUT2D eigenvalue weighted by atomic mass is 9.93. The van der Waals surface area contributed by atoms with Crippen molar-refractivity contribution in [3.63, 3.8) is 0 Å². The van der Waals surface area contributed by atoms with E-state index in [1.807, 2.05) is 30.3 Å². The van der Waals surface area contributed by atoms with Crippen molar-refractivity contribution in [2.75, 3.05) is 0 Å². The summed E-state index contributed by atoms with van der Waals surface area (Å²) in [5, 5.41) is 4.58. The molecule has 10 rings (SSSR count). The van der Waals surface area contributed by atoms with Crippen molar-refractivity contribution in [1.29, 1.82) is 0 Å². The summed E-state index contributed by atoms with van der Waals surface area (Å²) in [6, 6.07) is 52.8. The topological polar surface area (TPSA) is 39.9 Å². The number of para-hydroxylation sites is 2. The lowest BCUT2D eigenvalue weighted by molar-refractivity contribution is 0.493. The van der Waals surface area contributed by atoms with Crippen LogP contribution in [0, 0.1) is 0 Å². The Bertz CT molecular complexity index is 2660. The van der Waals surface area contributed by atoms with Crippen LogP contribution in [0.1, 0.15) is 0 Å². The van der Waals surface area contributed by atoms with Gasteiger partial charge < -0.3 is 4.74 Å². The Morgan fingerprint density at radius 1 is 0.435 bits per heavy atom. The maximum Gasteiger partial charge on any atom is 0.165 e. The minimum absolute atomic E-state index is 0.791. The Morgan fingerprint density at radius 2 is 1.07 bits per heavy atom. The standard InChI is InChI=1S/C42H25N3O/c1-3-12-26(13-4-1)28-16-9-17-29(24-28)41-42(44-33-20-8-7-19-32(33)43-41)45-34-21-11-23-37-39(34)40-35(45)25-31(27-14-5-2-6-15-27)30-18-10-22-36(46-37)38(30)40/h1-25H. The smallest absolute Gasteiger partial charge is 0.165 e. The molecule has 4 heteroatoms. The minimum Gasteiger partial charge on any atom is -0.456 e. The van der Waals surface area contributed by atoms with E-state index in [0.717, 1.165) is 83.7 Å². The molecule has 0 radical (unpaired) electrons. The summed E-state index contributed by atoms with van der Waals surface area (Å²) >= 11 is 0. The van der Waals surface area contributed by atoms with E-state index in [2.05, 4.69) is 126 Å². The summed E-state index contributed by atoms with van der Waals surface area (Å²) in [7, 11) is 0. The maximum atomic E-state index is 6.63. The van der Waals surface area contributed by atoms with Crippen molar-refractivity contribution in [2.24, 2.45) is 0 Å². The Balaban J connectivity index is 1.36. The molecule has 1 aliphatic heterocycles. The zero-order valence-electron chi connectivity index (χ0n) is 24.7. The highest BCUT2D eigenvalue weighted by atomic mass is 16.5. The predicted octanol–water partition coefficient (Wildman–Crippen LogP) is 11.0. The van der Waals surface area contributed by atoms with E-state index in [1.54, 1.807) is 0 Å². The second-order valence-corrected chi connectivity index (χ2v) is 11.8. The van der Waals surface area contributed by atoms with Gasteiger partial charge in [-0.2, -0.15) is 0 Å². The highest BCUT2D eigenvalue weighted by Crippen LogP contribution is 2.51. The third kappa shape index (κ3) is 3.61. The molecule has 0 spiro atoms. The van der Waals surface area contributed by atoms with Crippen molar-refractivity contribution in [2.45, 2.75) is 0 Å². The van der Waals surface area contributed by atoms with Crippen molar-refractivity contribution < 1.29 is 4.74 Å². The monoisotopic (exact) mass is 587 g/mol. The predicted molar refractivity (Wildman–Crippen MR) is 188 cm³/mol. The number of rotatable bonds is 4. The van der Waals surface area contributed by atoms with Crippen LogP contribution in [0.4, 0.5) is 0 Å². The first-order chi connectivity index (χ1) is 22.8. The fourth-order valence-electron chi connectivity index (χ4n) is 7.13. The van der Waals surface area contributed by atoms with E-state index in [0.29, 0.717) is 0 Å². The summed E-state index contributed by atoms with van der Waals surface area (Å²) in [6.45, 7) is 0. The summed E-state index contributed by atoms with van der Waals surface area (Å²) in [6.07, 6.45) is 0. The van der Waals surface area contributed by atoms with Crippen LogP contribution in [-0.2, 0) is 0 Å². The normalized spacial score (nSPS) is 12.1. The fraction of sp³-hybridized carbons (Fsp3) is 0. The molecule has 7 aromatic carbocycles. The van der Waals surface area contributed by atoms with Gasteiger partial charge in [0.25, 0.3) is 0 Å². The summed E-state index contributed by atoms with van der Waals surface area (Å²) in [4.78, 5) is 10.7. The van der Waals surface area contributed by atoms with Crippen LogP contribution in [0.25, 0.3) is 82.9 Å². The van der Waals surface area contributed by atoms with E-state index >= 15 is 0 Å². The van der Waals surface area contributed by atoms with Gasteiger partial charge in [0.2, 0.25) is 0 Å². The van der Waals surface area contributed by atoms with Crippen LogP contribution in [0.15, 0.2) is 152 Å². The molecule has 3 heterocycles. The lowest BCUT2D eigenvalue weighted by Crippen LogP contribution is -2.04. The Morgan fingerprint density at radius 3 is 1.87 bits per heavy atom. The number of ether oxygens (including phenoxy) is 1. The minimum atomic E-state index is 0.791. The highest BCUT2D eigenvalue weighted by Gasteiger charge is 2.28. The van der Waals surface area contributed by atoms with E-state index in [9.17, 15) is 0 Å². The number of benzene rings is 7. The number of nitrogens with zero attached hydrogens (tertiary/aromatic N) is 3. The molecule has 0 bridgehead atoms. The van der Waals surface area contributed by atoms with E-state index in [-0.39, 0.29) is 0 Å². The van der Waals surface area contributed by atoms with E-state index in [1.165, 1.54) is 10.8 Å². The van der Waals surface area contributed by atoms with Gasteiger partial charge in [0.1, 0.15) is 17.2 Å². The molecule has 0 aliphatic carbocycles. The van der Waals surface area contributed by atoms with Crippen molar-refractivity contribution in [1.82, 2.24) is 14.5 Å². The van der Waals surface area contributed by atoms with Gasteiger partial charge in [-0.25, -0.2) is 9.97 Å². The molecular formula is C42H25N3O. The quantitative estimate of drug-likeness (QED) is 0.206. The van der Waals surface area contributed by atoms with Crippen LogP contribution in [0.5, 0.6) is 11.5 Å². The van der Waals surface area contributed by atoms with Gasteiger partial charge >= 0.3 is 0 Å². The second kappa shape index (κ2) is 9.62. The molecule has 9 aromatic rings. The summed E-state index contributed by atoms with van der Waals surface area (Å²) < 4.78 is 8.93. The van der Waals surface area contributed by atoms with Crippen LogP contribution in [0.3, 0.4) is 0 Å². The molecule has 4 nitrogen and oxygen atoms in total. The number of hydrogen-bond acceptors (Lipinski definition) is 3. The molecule has 0 N–H and O–H groups in total. The van der Waals surface area contributed by atoms with Crippen LogP contribution in [0.2, 0.25) is 0 Å². The van der Waals surface area contributed by atoms with Crippen LogP contribution in [-0.4, -0.2) is 14.5 Å². The third-order valence-corrected chi connectivity index (χ3v) is 9.15. The first-order valence-corrected chi connectivity index (χ1v) is 15.5. The van der Waals surface area contributed by atoms with E-state index in [4.69, 9.17) is 14.7 Å². The third-order valence-electron chi connectivity index (χ3n) is 9.15. The SMILES string of the molecule is c1ccc(-c2cccc(-c3nc4ccccc4nc3-n3c4cccc5c4c4c6c(cccc6c(-c6ccccc6)cc43)O5)c2)cc1. The van der Waals surface area contributed by atoms with Crippen molar-refractivity contribution in [3.8, 4) is 50.8 Å². The largest absolute Gasteiger partial charge is 0.456 e. The second-order valence-electron chi connectivity index (χ2n) is 11.8. The average Bonchev–Trinajstić information content (AvgIpc) is 3.47. The number of fused-ring (bicyclic) bond motifs is 1. The molecule has 214 valence electrons. The van der Waals surface area contributed by atoms with Crippen molar-refractivity contribution in [3.05, 3.63) is 152 Å². The van der Waals surface area contributed by atoms with Crippen LogP contribution < -0.4 is 4.74 Å². The molecule has 0 unspecified atom stereocenters. The molecule has 0 amide bonds. The Labute approximate surface area is 264 Å². The fourth-order valence-corrected chi connectivity index (χ4v) is 7.13. The van der Waals surface area contributed by atoms with Gasteiger partial charge in [0.15, 0.2) is 5.82 Å². The van der Waals surface area contributed by atoms with Crippen molar-refractivity contribution >= 4 is 43.6 Å². The maximum absolute atomic E-state index is 6.63. The zero-order valence-corrected chi connectivity index (χ0v) is 24.7. The van der Waals surface area contributed by atoms with Gasteiger partial charge in [0, 0.05) is 16.3 Å². The van der Waals surface area contributed by atoms with Gasteiger partial charge in [-0.15, -0.1) is 0 Å². The summed E-state index contributed by atoms with van der Waals surface area (Å²) in [5.41, 5.74) is 10.3. The van der Waals surface area contributed by atoms with Gasteiger partial charge in [0.05, 0.1) is 27.5 Å². The van der Waals surface area contributed by atoms with E-state index < -0.39 is 0 Å². The average molecular weight is 588 g/mol. The number of hydrogen-bond donors (Lipinski definition) is 0. The molecule has 2 aromatic heterocycles.